The maximum atomic E-state index is 13.7. The Labute approximate surface area is 225 Å². The predicted octanol–water partition coefficient (Wildman–Crippen LogP) is 2.77. The smallest absolute Gasteiger partial charge is 0.282 e. The lowest BCUT2D eigenvalue weighted by Gasteiger charge is -2.34. The molecule has 1 aliphatic rings. The molecule has 10 nitrogen and oxygen atoms in total. The van der Waals surface area contributed by atoms with E-state index in [4.69, 9.17) is 14.2 Å². The predicted molar refractivity (Wildman–Crippen MR) is 143 cm³/mol. The van der Waals surface area contributed by atoms with Gasteiger partial charge in [-0.2, -0.15) is 5.10 Å². The second-order valence-electron chi connectivity index (χ2n) is 8.91. The zero-order chi connectivity index (χ0) is 27.2. The highest BCUT2D eigenvalue weighted by Crippen LogP contribution is 2.28. The van der Waals surface area contributed by atoms with E-state index < -0.39 is 23.6 Å². The van der Waals surface area contributed by atoms with Crippen LogP contribution in [-0.4, -0.2) is 65.8 Å². The molecule has 0 radical (unpaired) electrons. The largest absolute Gasteiger partial charge is 0.497 e. The summed E-state index contributed by atoms with van der Waals surface area (Å²) in [7, 11) is 3.12. The summed E-state index contributed by atoms with van der Waals surface area (Å²) in [6.07, 6.45) is 3.64. The Hall–Kier alpha value is -4.54. The van der Waals surface area contributed by atoms with Gasteiger partial charge in [0, 0.05) is 25.0 Å². The van der Waals surface area contributed by atoms with E-state index in [0.29, 0.717) is 17.9 Å². The first-order valence-corrected chi connectivity index (χ1v) is 12.5. The van der Waals surface area contributed by atoms with Gasteiger partial charge in [-0.1, -0.05) is 30.3 Å². The fourth-order valence-electron chi connectivity index (χ4n) is 4.57. The van der Waals surface area contributed by atoms with Crippen molar-refractivity contribution in [3.8, 4) is 22.8 Å². The van der Waals surface area contributed by atoms with Crippen molar-refractivity contribution in [1.82, 2.24) is 25.4 Å². The Bertz CT molecular complexity index is 1430. The number of nitrogens with one attached hydrogen (secondary N) is 2. The Morgan fingerprint density at radius 2 is 1.77 bits per heavy atom. The molecule has 2 N–H and O–H groups in total. The van der Waals surface area contributed by atoms with Gasteiger partial charge in [-0.25, -0.2) is 9.67 Å². The van der Waals surface area contributed by atoms with E-state index in [0.717, 1.165) is 16.9 Å². The molecule has 0 aliphatic carbocycles. The van der Waals surface area contributed by atoms with E-state index in [1.165, 1.54) is 7.05 Å². The Balaban J connectivity index is 1.45. The van der Waals surface area contributed by atoms with Crippen LogP contribution in [0.15, 0.2) is 85.2 Å². The Morgan fingerprint density at radius 3 is 2.46 bits per heavy atom. The number of nitrogens with zero attached hydrogens (tertiary/aromatic N) is 3. The molecule has 0 bridgehead atoms. The molecule has 10 heteroatoms. The van der Waals surface area contributed by atoms with Crippen molar-refractivity contribution in [2.24, 2.45) is 0 Å². The molecule has 39 heavy (non-hydrogen) atoms. The van der Waals surface area contributed by atoms with Crippen LogP contribution in [-0.2, 0) is 20.7 Å². The zero-order valence-corrected chi connectivity index (χ0v) is 21.7. The number of methoxy groups -OCH3 is 1. The molecule has 200 valence electrons. The van der Waals surface area contributed by atoms with Gasteiger partial charge in [-0.3, -0.25) is 9.59 Å². The summed E-state index contributed by atoms with van der Waals surface area (Å²) in [5.74, 6) is -1.49. The topological polar surface area (TPSA) is 117 Å². The number of hydrogen-bond donors (Lipinski definition) is 2. The number of amides is 2. The summed E-state index contributed by atoms with van der Waals surface area (Å²) >= 11 is 0. The van der Waals surface area contributed by atoms with Crippen molar-refractivity contribution in [1.29, 1.82) is 0 Å². The number of aromatic nitrogens is 3. The lowest BCUT2D eigenvalue weighted by atomic mass is 9.96. The number of benzene rings is 2. The Morgan fingerprint density at radius 1 is 1.03 bits per heavy atom. The lowest BCUT2D eigenvalue weighted by Crippen LogP contribution is -2.62. The van der Waals surface area contributed by atoms with E-state index in [9.17, 15) is 9.59 Å². The maximum Gasteiger partial charge on any atom is 0.282 e. The molecule has 2 aromatic heterocycles. The van der Waals surface area contributed by atoms with Crippen molar-refractivity contribution in [3.05, 3.63) is 96.3 Å². The van der Waals surface area contributed by atoms with Crippen LogP contribution in [0.4, 0.5) is 0 Å². The third-order valence-corrected chi connectivity index (χ3v) is 6.53. The standard InChI is InChI=1S/C29H29N5O5/c1-30-28(36)29(38-17-18-39-29)25(19-20-7-4-3-5-8-20)32-27(35)23-9-6-15-31-26(23)34-16-14-24(33-34)21-10-12-22(37-2)13-11-21/h3-16,25H,17-19H2,1-2H3,(H,30,36)(H,32,35). The molecule has 1 atom stereocenters. The van der Waals surface area contributed by atoms with Crippen LogP contribution in [0, 0.1) is 0 Å². The summed E-state index contributed by atoms with van der Waals surface area (Å²) in [5.41, 5.74) is 2.79. The van der Waals surface area contributed by atoms with Crippen molar-refractivity contribution < 1.29 is 23.8 Å². The first-order chi connectivity index (χ1) is 19.0. The first kappa shape index (κ1) is 26.1. The highest BCUT2D eigenvalue weighted by molar-refractivity contribution is 5.98. The van der Waals surface area contributed by atoms with Crippen LogP contribution in [0.25, 0.3) is 17.1 Å². The molecule has 3 heterocycles. The minimum Gasteiger partial charge on any atom is -0.497 e. The Kier molecular flexibility index (Phi) is 7.67. The van der Waals surface area contributed by atoms with Gasteiger partial charge in [0.1, 0.15) is 5.75 Å². The van der Waals surface area contributed by atoms with Gasteiger partial charge in [-0.15, -0.1) is 0 Å². The van der Waals surface area contributed by atoms with Gasteiger partial charge in [0.15, 0.2) is 5.82 Å². The molecule has 0 saturated carbocycles. The summed E-state index contributed by atoms with van der Waals surface area (Å²) in [6, 6.07) is 21.4. The minimum absolute atomic E-state index is 0.230. The third-order valence-electron chi connectivity index (χ3n) is 6.53. The number of pyridine rings is 1. The van der Waals surface area contributed by atoms with Gasteiger partial charge in [0.2, 0.25) is 0 Å². The quantitative estimate of drug-likeness (QED) is 0.344. The average Bonchev–Trinajstić information content (AvgIpc) is 3.68. The molecule has 1 fully saturated rings. The van der Waals surface area contributed by atoms with Crippen LogP contribution < -0.4 is 15.4 Å². The number of carbonyl (C=O) groups excluding carboxylic acids is 2. The molecule has 0 spiro atoms. The zero-order valence-electron chi connectivity index (χ0n) is 21.7. The van der Waals surface area contributed by atoms with Gasteiger partial charge in [-0.05, 0) is 54.4 Å². The second-order valence-corrected chi connectivity index (χ2v) is 8.91. The molecule has 5 rings (SSSR count). The van der Waals surface area contributed by atoms with Crippen LogP contribution in [0.5, 0.6) is 5.75 Å². The number of rotatable bonds is 9. The minimum atomic E-state index is -1.67. The number of likely N-dealkylation sites (N-methyl/N-ethyl adjacent to an activating group) is 1. The van der Waals surface area contributed by atoms with Gasteiger partial charge < -0.3 is 24.8 Å². The van der Waals surface area contributed by atoms with Gasteiger partial charge >= 0.3 is 0 Å². The highest BCUT2D eigenvalue weighted by Gasteiger charge is 2.52. The van der Waals surface area contributed by atoms with Crippen LogP contribution >= 0.6 is 0 Å². The number of ether oxygens (including phenoxy) is 3. The number of carbonyl (C=O) groups is 2. The first-order valence-electron chi connectivity index (χ1n) is 12.5. The molecule has 2 aromatic carbocycles. The SMILES string of the molecule is CNC(=O)C1(C(Cc2ccccc2)NC(=O)c2cccnc2-n2ccc(-c3ccc(OC)cc3)n2)OCCO1. The average molecular weight is 528 g/mol. The molecular weight excluding hydrogens is 498 g/mol. The molecular formula is C29H29N5O5. The van der Waals surface area contributed by atoms with Crippen molar-refractivity contribution in [3.63, 3.8) is 0 Å². The van der Waals surface area contributed by atoms with Crippen molar-refractivity contribution in [2.45, 2.75) is 18.2 Å². The van der Waals surface area contributed by atoms with Crippen molar-refractivity contribution in [2.75, 3.05) is 27.4 Å². The van der Waals surface area contributed by atoms with Crippen LogP contribution in [0.3, 0.4) is 0 Å². The fourth-order valence-corrected chi connectivity index (χ4v) is 4.57. The summed E-state index contributed by atoms with van der Waals surface area (Å²) in [6.45, 7) is 0.461. The lowest BCUT2D eigenvalue weighted by molar-refractivity contribution is -0.192. The van der Waals surface area contributed by atoms with Gasteiger partial charge in [0.25, 0.3) is 17.6 Å². The molecule has 1 unspecified atom stereocenters. The fraction of sp³-hybridized carbons (Fsp3) is 0.241. The normalized spacial score (nSPS) is 14.9. The van der Waals surface area contributed by atoms with Crippen molar-refractivity contribution >= 4 is 11.8 Å². The van der Waals surface area contributed by atoms with E-state index >= 15 is 0 Å². The monoisotopic (exact) mass is 527 g/mol. The molecule has 1 aliphatic heterocycles. The summed E-state index contributed by atoms with van der Waals surface area (Å²) in [4.78, 5) is 31.2. The second kappa shape index (κ2) is 11.5. The van der Waals surface area contributed by atoms with E-state index in [1.807, 2.05) is 60.7 Å². The van der Waals surface area contributed by atoms with Crippen LogP contribution in [0.2, 0.25) is 0 Å². The molecule has 4 aromatic rings. The highest BCUT2D eigenvalue weighted by atomic mass is 16.7. The molecule has 1 saturated heterocycles. The van der Waals surface area contributed by atoms with E-state index in [1.54, 1.807) is 36.3 Å². The maximum absolute atomic E-state index is 13.7. The van der Waals surface area contributed by atoms with E-state index in [2.05, 4.69) is 20.7 Å². The third kappa shape index (κ3) is 5.38. The molecule has 2 amide bonds. The number of hydrogen-bond acceptors (Lipinski definition) is 7. The summed E-state index contributed by atoms with van der Waals surface area (Å²) in [5, 5.41) is 10.3. The van der Waals surface area contributed by atoms with E-state index in [-0.39, 0.29) is 18.8 Å². The van der Waals surface area contributed by atoms with Gasteiger partial charge in [0.05, 0.1) is 37.6 Å². The summed E-state index contributed by atoms with van der Waals surface area (Å²) < 4.78 is 18.5. The van der Waals surface area contributed by atoms with Crippen LogP contribution in [0.1, 0.15) is 15.9 Å².